The number of fused-ring (bicyclic) bond motifs is 3. The van der Waals surface area contributed by atoms with Crippen LogP contribution in [-0.2, 0) is 16.0 Å². The predicted octanol–water partition coefficient (Wildman–Crippen LogP) is 2.26. The lowest BCUT2D eigenvalue weighted by atomic mass is 9.99. The van der Waals surface area contributed by atoms with Crippen molar-refractivity contribution in [3.63, 3.8) is 0 Å². The third-order valence-corrected chi connectivity index (χ3v) is 7.66. The summed E-state index contributed by atoms with van der Waals surface area (Å²) in [5.74, 6) is -0.888. The summed E-state index contributed by atoms with van der Waals surface area (Å²) in [5, 5.41) is 14.8. The monoisotopic (exact) mass is 467 g/mol. The Kier molecular flexibility index (Phi) is 6.50. The molecule has 1 unspecified atom stereocenters. The summed E-state index contributed by atoms with van der Waals surface area (Å²) in [5.41, 5.74) is 2.45. The Labute approximate surface area is 197 Å². The molecule has 33 heavy (non-hydrogen) atoms. The maximum atomic E-state index is 13.6. The third kappa shape index (κ3) is 4.50. The maximum absolute atomic E-state index is 13.6. The quantitative estimate of drug-likeness (QED) is 0.580. The van der Waals surface area contributed by atoms with Gasteiger partial charge >= 0.3 is 0 Å². The van der Waals surface area contributed by atoms with Gasteiger partial charge in [0.1, 0.15) is 17.5 Å². The number of hydrogen-bond donors (Lipinski definition) is 3. The van der Waals surface area contributed by atoms with Crippen molar-refractivity contribution in [2.75, 3.05) is 6.61 Å². The lowest BCUT2D eigenvalue weighted by molar-refractivity contribution is -0.132. The summed E-state index contributed by atoms with van der Waals surface area (Å²) in [7, 11) is 0. The molecular formula is C25H29N3O4S. The van der Waals surface area contributed by atoms with Gasteiger partial charge in [0, 0.05) is 22.8 Å². The van der Waals surface area contributed by atoms with E-state index in [1.165, 1.54) is 0 Å². The van der Waals surface area contributed by atoms with Crippen LogP contribution >= 0.6 is 11.8 Å². The van der Waals surface area contributed by atoms with Crippen LogP contribution < -0.4 is 10.6 Å². The molecule has 0 saturated carbocycles. The lowest BCUT2D eigenvalue weighted by Crippen LogP contribution is -2.58. The zero-order chi connectivity index (χ0) is 23.8. The number of amides is 3. The molecule has 3 amide bonds. The van der Waals surface area contributed by atoms with Gasteiger partial charge in [-0.2, -0.15) is 0 Å². The molecule has 2 aromatic rings. The van der Waals surface area contributed by atoms with Gasteiger partial charge in [0.05, 0.1) is 6.61 Å². The third-order valence-electron chi connectivity index (χ3n) is 6.12. The van der Waals surface area contributed by atoms with Crippen LogP contribution in [0.1, 0.15) is 47.6 Å². The van der Waals surface area contributed by atoms with E-state index in [1.54, 1.807) is 29.7 Å². The predicted molar refractivity (Wildman–Crippen MR) is 128 cm³/mol. The zero-order valence-corrected chi connectivity index (χ0v) is 19.8. The van der Waals surface area contributed by atoms with Crippen LogP contribution in [0.3, 0.4) is 0 Å². The highest BCUT2D eigenvalue weighted by atomic mass is 32.2. The van der Waals surface area contributed by atoms with E-state index in [0.29, 0.717) is 12.0 Å². The number of hydrogen-bond acceptors (Lipinski definition) is 5. The van der Waals surface area contributed by atoms with E-state index in [4.69, 9.17) is 0 Å². The highest BCUT2D eigenvalue weighted by molar-refractivity contribution is 8.01. The van der Waals surface area contributed by atoms with Crippen LogP contribution in [-0.4, -0.2) is 57.2 Å². The van der Waals surface area contributed by atoms with Crippen molar-refractivity contribution in [2.45, 2.75) is 55.4 Å². The Morgan fingerprint density at radius 3 is 2.45 bits per heavy atom. The average Bonchev–Trinajstić information content (AvgIpc) is 3.23. The Morgan fingerprint density at radius 1 is 1.09 bits per heavy atom. The molecular weight excluding hydrogens is 438 g/mol. The SMILES string of the molecule is C[C@@H](CO)NC(=O)[C@H](Cc1ccccc1)NC(=O)[C@H]1N2C(=O)c3ccccc3C2SC1(C)C. The molecule has 1 saturated heterocycles. The number of carbonyl (C=O) groups is 3. The van der Waals surface area contributed by atoms with Crippen molar-refractivity contribution >= 4 is 29.5 Å². The van der Waals surface area contributed by atoms with Crippen molar-refractivity contribution in [3.05, 3.63) is 71.3 Å². The Bertz CT molecular complexity index is 1060. The lowest BCUT2D eigenvalue weighted by Gasteiger charge is -2.31. The minimum Gasteiger partial charge on any atom is -0.394 e. The smallest absolute Gasteiger partial charge is 0.256 e. The van der Waals surface area contributed by atoms with Crippen molar-refractivity contribution in [2.24, 2.45) is 0 Å². The van der Waals surface area contributed by atoms with Crippen LogP contribution in [0.15, 0.2) is 54.6 Å². The normalized spacial score (nSPS) is 22.3. The number of aliphatic hydroxyl groups excluding tert-OH is 1. The molecule has 7 nitrogen and oxygen atoms in total. The number of rotatable bonds is 7. The Morgan fingerprint density at radius 2 is 1.76 bits per heavy atom. The molecule has 2 aliphatic heterocycles. The molecule has 1 fully saturated rings. The Balaban J connectivity index is 1.59. The summed E-state index contributed by atoms with van der Waals surface area (Å²) >= 11 is 1.59. The molecule has 2 aromatic carbocycles. The number of nitrogens with one attached hydrogen (secondary N) is 2. The van der Waals surface area contributed by atoms with Gasteiger partial charge in [-0.25, -0.2) is 0 Å². The standard InChI is InChI=1S/C25H29N3O4S/c1-15(14-29)26-21(30)19(13-16-9-5-4-6-10-16)27-22(31)20-25(2,3)33-24-18-12-8-7-11-17(18)23(32)28(20)24/h4-12,15,19-20,24,29H,13-14H2,1-3H3,(H,26,30)(H,27,31)/t15-,19-,20+,24?/m0/s1. The largest absolute Gasteiger partial charge is 0.394 e. The van der Waals surface area contributed by atoms with Crippen LogP contribution in [0.25, 0.3) is 0 Å². The number of carbonyl (C=O) groups excluding carboxylic acids is 3. The first-order chi connectivity index (χ1) is 15.7. The van der Waals surface area contributed by atoms with Gasteiger partial charge in [-0.3, -0.25) is 14.4 Å². The number of thioether (sulfide) groups is 1. The molecule has 4 rings (SSSR count). The highest BCUT2D eigenvalue weighted by Gasteiger charge is 2.57. The molecule has 174 valence electrons. The van der Waals surface area contributed by atoms with Gasteiger partial charge in [-0.1, -0.05) is 48.5 Å². The zero-order valence-electron chi connectivity index (χ0n) is 18.9. The van der Waals surface area contributed by atoms with E-state index < -0.39 is 22.9 Å². The van der Waals surface area contributed by atoms with Crippen molar-refractivity contribution in [1.29, 1.82) is 0 Å². The van der Waals surface area contributed by atoms with Crippen LogP contribution in [0.4, 0.5) is 0 Å². The van der Waals surface area contributed by atoms with Crippen LogP contribution in [0.5, 0.6) is 0 Å². The first-order valence-corrected chi connectivity index (χ1v) is 12.0. The fraction of sp³-hybridized carbons (Fsp3) is 0.400. The molecule has 0 aliphatic carbocycles. The van der Waals surface area contributed by atoms with Crippen molar-refractivity contribution in [1.82, 2.24) is 15.5 Å². The second kappa shape index (κ2) is 9.19. The van der Waals surface area contributed by atoms with Gasteiger partial charge in [-0.15, -0.1) is 11.8 Å². The number of aliphatic hydroxyl groups is 1. The van der Waals surface area contributed by atoms with E-state index in [1.807, 2.05) is 62.4 Å². The number of nitrogens with zero attached hydrogens (tertiary/aromatic N) is 1. The second-order valence-corrected chi connectivity index (χ2v) is 10.9. The summed E-state index contributed by atoms with van der Waals surface area (Å²) in [4.78, 5) is 41.4. The molecule has 2 heterocycles. The molecule has 4 atom stereocenters. The van der Waals surface area contributed by atoms with E-state index in [-0.39, 0.29) is 29.7 Å². The minimum absolute atomic E-state index is 0.160. The summed E-state index contributed by atoms with van der Waals surface area (Å²) in [6, 6.07) is 14.9. The maximum Gasteiger partial charge on any atom is 0.256 e. The molecule has 2 aliphatic rings. The van der Waals surface area contributed by atoms with Gasteiger partial charge in [-0.05, 0) is 38.0 Å². The van der Waals surface area contributed by atoms with Gasteiger partial charge in [0.25, 0.3) is 5.91 Å². The summed E-state index contributed by atoms with van der Waals surface area (Å²) in [6.07, 6.45) is 0.300. The molecule has 8 heteroatoms. The van der Waals surface area contributed by atoms with Crippen LogP contribution in [0, 0.1) is 0 Å². The van der Waals surface area contributed by atoms with Gasteiger partial charge < -0.3 is 20.6 Å². The van der Waals surface area contributed by atoms with Crippen molar-refractivity contribution < 1.29 is 19.5 Å². The molecule has 0 spiro atoms. The first kappa shape index (κ1) is 23.3. The number of benzene rings is 2. The second-order valence-electron chi connectivity index (χ2n) is 9.12. The van der Waals surface area contributed by atoms with E-state index in [0.717, 1.165) is 11.1 Å². The average molecular weight is 468 g/mol. The van der Waals surface area contributed by atoms with E-state index >= 15 is 0 Å². The van der Waals surface area contributed by atoms with Crippen molar-refractivity contribution in [3.8, 4) is 0 Å². The molecule has 0 radical (unpaired) electrons. The first-order valence-electron chi connectivity index (χ1n) is 11.1. The fourth-order valence-corrected chi connectivity index (χ4v) is 6.09. The van der Waals surface area contributed by atoms with E-state index in [2.05, 4.69) is 10.6 Å². The Hall–Kier alpha value is -2.84. The minimum atomic E-state index is -0.839. The van der Waals surface area contributed by atoms with Gasteiger partial charge in [0.15, 0.2) is 0 Å². The summed E-state index contributed by atoms with van der Waals surface area (Å²) in [6.45, 7) is 5.40. The van der Waals surface area contributed by atoms with Gasteiger partial charge in [0.2, 0.25) is 11.8 Å². The fourth-order valence-electron chi connectivity index (χ4n) is 4.50. The molecule has 0 aromatic heterocycles. The highest BCUT2D eigenvalue weighted by Crippen LogP contribution is 2.56. The molecule has 3 N–H and O–H groups in total. The topological polar surface area (TPSA) is 98.7 Å². The summed E-state index contributed by atoms with van der Waals surface area (Å²) < 4.78 is -0.538. The van der Waals surface area contributed by atoms with Crippen LogP contribution in [0.2, 0.25) is 0 Å². The molecule has 0 bridgehead atoms. The van der Waals surface area contributed by atoms with E-state index in [9.17, 15) is 19.5 Å².